The highest BCUT2D eigenvalue weighted by Gasteiger charge is 2.25. The molecule has 4 aliphatic heterocycles. The molecule has 24 heteroatoms. The maximum atomic E-state index is 13.1. The summed E-state index contributed by atoms with van der Waals surface area (Å²) in [6.07, 6.45) is -5.17. The molecule has 0 aromatic heterocycles. The summed E-state index contributed by atoms with van der Waals surface area (Å²) in [4.78, 5) is 52.1. The lowest BCUT2D eigenvalue weighted by Crippen LogP contribution is -2.26. The Morgan fingerprint density at radius 3 is 0.921 bits per heavy atom. The summed E-state index contributed by atoms with van der Waals surface area (Å²) in [6.45, 7) is -2.93. The Morgan fingerprint density at radius 2 is 0.607 bits per heavy atom. The number of fused-ring (bicyclic) bond motifs is 6. The van der Waals surface area contributed by atoms with E-state index in [9.17, 15) is 39.6 Å². The zero-order valence-electron chi connectivity index (χ0n) is 47.2. The molecule has 0 amide bonds. The highest BCUT2D eigenvalue weighted by molar-refractivity contribution is 5.94. The molecular formula is C65H56O24. The van der Waals surface area contributed by atoms with E-state index in [2.05, 4.69) is 0 Å². The zero-order valence-corrected chi connectivity index (χ0v) is 47.2. The van der Waals surface area contributed by atoms with Gasteiger partial charge >= 0.3 is 23.9 Å². The minimum atomic E-state index is -1.33. The van der Waals surface area contributed by atoms with Crippen molar-refractivity contribution in [2.24, 2.45) is 0 Å². The van der Waals surface area contributed by atoms with Gasteiger partial charge in [0, 0.05) is 17.5 Å². The number of carbonyl (C=O) groups excluding carboxylic acids is 4. The van der Waals surface area contributed by atoms with Crippen LogP contribution in [-0.4, -0.2) is 149 Å². The predicted molar refractivity (Wildman–Crippen MR) is 308 cm³/mol. The van der Waals surface area contributed by atoms with Gasteiger partial charge in [0.25, 0.3) is 0 Å². The molecule has 4 aliphatic rings. The van der Waals surface area contributed by atoms with Gasteiger partial charge in [-0.1, -0.05) is 24.3 Å². The minimum absolute atomic E-state index is 0.00745. The molecule has 4 heterocycles. The van der Waals surface area contributed by atoms with E-state index in [1.165, 1.54) is 48.5 Å². The van der Waals surface area contributed by atoms with Crippen molar-refractivity contribution in [2.75, 3.05) is 80.0 Å². The molecule has 89 heavy (non-hydrogen) atoms. The lowest BCUT2D eigenvalue weighted by Gasteiger charge is -2.21. The fraction of sp³-hybridized carbons (Fsp3) is 0.262. The maximum Gasteiger partial charge on any atom is 0.338 e. The third kappa shape index (κ3) is 14.1. The van der Waals surface area contributed by atoms with Gasteiger partial charge in [0.1, 0.15) is 100 Å². The van der Waals surface area contributed by atoms with Crippen LogP contribution in [0.4, 0.5) is 0 Å². The van der Waals surface area contributed by atoms with Crippen molar-refractivity contribution >= 4 is 45.4 Å². The molecule has 0 radical (unpaired) electrons. The van der Waals surface area contributed by atoms with Gasteiger partial charge in [0.05, 0.1) is 22.3 Å². The van der Waals surface area contributed by atoms with Crippen LogP contribution in [0.5, 0.6) is 69.0 Å². The number of hydrogen-bond acceptors (Lipinski definition) is 24. The first kappa shape index (κ1) is 59.0. The zero-order chi connectivity index (χ0) is 61.4. The molecule has 4 N–H and O–H groups in total. The molecule has 8 aromatic rings. The number of hydrogen-bond donors (Lipinski definition) is 4. The van der Waals surface area contributed by atoms with E-state index in [1.807, 2.05) is 0 Å². The van der Waals surface area contributed by atoms with Crippen molar-refractivity contribution in [1.29, 1.82) is 0 Å². The van der Waals surface area contributed by atoms with Crippen LogP contribution in [0.3, 0.4) is 0 Å². The Kier molecular flexibility index (Phi) is 17.7. The molecule has 0 aliphatic carbocycles. The first-order chi connectivity index (χ1) is 43.3. The third-order valence-corrected chi connectivity index (χ3v) is 14.3. The summed E-state index contributed by atoms with van der Waals surface area (Å²) in [6, 6.07) is 35.8. The highest BCUT2D eigenvalue weighted by Crippen LogP contribution is 2.40. The summed E-state index contributed by atoms with van der Waals surface area (Å²) in [5.74, 6) is 1.81. The average molecular weight is 1220 g/mol. The summed E-state index contributed by atoms with van der Waals surface area (Å²) in [7, 11) is 0. The molecule has 4 atom stereocenters. The predicted octanol–water partition coefficient (Wildman–Crippen LogP) is 6.89. The number of rotatable bonds is 26. The van der Waals surface area contributed by atoms with Crippen LogP contribution in [0.1, 0.15) is 52.6 Å². The molecule has 460 valence electrons. The summed E-state index contributed by atoms with van der Waals surface area (Å²) in [5.41, 5.74) is 1.81. The van der Waals surface area contributed by atoms with Crippen LogP contribution in [0, 0.1) is 0 Å². The summed E-state index contributed by atoms with van der Waals surface area (Å²) >= 11 is 0. The molecule has 0 fully saturated rings. The normalized spacial score (nSPS) is 14.3. The van der Waals surface area contributed by atoms with Gasteiger partial charge < -0.3 is 96.2 Å². The van der Waals surface area contributed by atoms with Gasteiger partial charge in [-0.2, -0.15) is 0 Å². The van der Waals surface area contributed by atoms with Crippen LogP contribution in [0.2, 0.25) is 0 Å². The van der Waals surface area contributed by atoms with Crippen LogP contribution >= 0.6 is 0 Å². The van der Waals surface area contributed by atoms with Crippen LogP contribution in [0.25, 0.3) is 21.5 Å². The lowest BCUT2D eigenvalue weighted by atomic mass is 9.93. The number of esters is 4. The highest BCUT2D eigenvalue weighted by atomic mass is 16.7. The number of benzene rings is 8. The number of ether oxygens (including phenoxy) is 16. The fourth-order valence-electron chi connectivity index (χ4n) is 9.74. The van der Waals surface area contributed by atoms with E-state index in [-0.39, 0.29) is 93.8 Å². The van der Waals surface area contributed by atoms with E-state index in [1.54, 1.807) is 84.9 Å². The lowest BCUT2D eigenvalue weighted by molar-refractivity contribution is 0.0126. The second-order valence-corrected chi connectivity index (χ2v) is 20.6. The summed E-state index contributed by atoms with van der Waals surface area (Å²) < 4.78 is 89.7. The van der Waals surface area contributed by atoms with Gasteiger partial charge in [0.2, 0.25) is 27.2 Å². The molecule has 0 saturated carbocycles. The van der Waals surface area contributed by atoms with Crippen LogP contribution in [0.15, 0.2) is 133 Å². The van der Waals surface area contributed by atoms with Gasteiger partial charge in [-0.25, -0.2) is 19.2 Å². The van der Waals surface area contributed by atoms with Crippen molar-refractivity contribution in [2.45, 2.75) is 30.8 Å². The van der Waals surface area contributed by atoms with Gasteiger partial charge in [0.15, 0.2) is 46.0 Å². The van der Waals surface area contributed by atoms with E-state index < -0.39 is 74.7 Å². The number of carbonyl (C=O) groups is 4. The molecule has 12 rings (SSSR count). The molecule has 8 aromatic carbocycles. The van der Waals surface area contributed by atoms with Crippen molar-refractivity contribution in [3.8, 4) is 69.0 Å². The first-order valence-corrected chi connectivity index (χ1v) is 28.0. The second kappa shape index (κ2) is 26.7. The topological polar surface area (TPSA) is 297 Å². The minimum Gasteiger partial charge on any atom is -0.491 e. The Bertz CT molecular complexity index is 3700. The average Bonchev–Trinajstić information content (AvgIpc) is 2.22. The van der Waals surface area contributed by atoms with Crippen molar-refractivity contribution < 1.29 is 115 Å². The molecule has 4 unspecified atom stereocenters. The Labute approximate surface area is 505 Å². The maximum absolute atomic E-state index is 13.1. The van der Waals surface area contributed by atoms with E-state index in [4.69, 9.17) is 75.8 Å². The van der Waals surface area contributed by atoms with E-state index >= 15 is 0 Å². The molecule has 24 nitrogen and oxygen atoms in total. The monoisotopic (exact) mass is 1220 g/mol. The second-order valence-electron chi connectivity index (χ2n) is 20.6. The number of aliphatic hydroxyl groups is 4. The fourth-order valence-corrected chi connectivity index (χ4v) is 9.74. The van der Waals surface area contributed by atoms with Crippen LogP contribution < -0.4 is 56.8 Å². The molecule has 0 spiro atoms. The van der Waals surface area contributed by atoms with Crippen molar-refractivity contribution in [1.82, 2.24) is 0 Å². The molecular weight excluding hydrogens is 1160 g/mol. The van der Waals surface area contributed by atoms with Gasteiger partial charge in [-0.05, 0) is 131 Å². The van der Waals surface area contributed by atoms with Crippen molar-refractivity contribution in [3.05, 3.63) is 167 Å². The quantitative estimate of drug-likeness (QED) is 0.0317. The molecule has 0 bridgehead atoms. The Hall–Kier alpha value is -10.4. The third-order valence-electron chi connectivity index (χ3n) is 14.3. The smallest absolute Gasteiger partial charge is 0.338 e. The van der Waals surface area contributed by atoms with Crippen LogP contribution in [-0.2, 0) is 25.4 Å². The van der Waals surface area contributed by atoms with E-state index in [0.29, 0.717) is 90.2 Å². The molecule has 0 saturated heterocycles. The Balaban J connectivity index is 0.805. The van der Waals surface area contributed by atoms with Gasteiger partial charge in [-0.3, -0.25) is 0 Å². The van der Waals surface area contributed by atoms with Crippen molar-refractivity contribution in [3.63, 3.8) is 0 Å². The number of aliphatic hydroxyl groups excluding tert-OH is 4. The van der Waals surface area contributed by atoms with E-state index in [0.717, 1.165) is 0 Å². The standard InChI is InChI=1S/C65H56O24/c66-42(28-78-62(70)38-5-13-54-58(17-38)86-32-82-54)24-74-46-9-1-36-3-11-52(76-26-44(68)30-80-64(72)40-7-15-56-60(19-40)88-34-84-56)50(48(36)21-46)23-51-49-22-47(75-25-43(67)29-79-63(71)39-6-14-55-59(18-39)87-33-83-55)10-2-37(49)4-12-53(51)77-27-45(69)31-81-65(73)41-8-16-57-61(20-41)89-35-85-57/h1-22,42-45,66-69H,23-35H2. The largest absolute Gasteiger partial charge is 0.491 e. The van der Waals surface area contributed by atoms with Gasteiger partial charge in [-0.15, -0.1) is 0 Å². The first-order valence-electron chi connectivity index (χ1n) is 28.0. The summed E-state index contributed by atoms with van der Waals surface area (Å²) in [5, 5.41) is 47.1. The SMILES string of the molecule is O=C(OCC(O)COc1ccc2ccc(OCC(O)COC(=O)c3ccc4c(c3)OCO4)c(Cc3c(OCC(O)COC(=O)c4ccc5c(c4)OCO5)ccc4ccc(OCC(O)COC(=O)c5ccc6c(c5)OCO6)cc34)c2c1)c1ccc2c(c1)OCO2. The Morgan fingerprint density at radius 1 is 0.326 bits per heavy atom.